The van der Waals surface area contributed by atoms with Crippen LogP contribution in [0, 0.1) is 18.6 Å². The van der Waals surface area contributed by atoms with E-state index in [-0.39, 0.29) is 30.1 Å². The molecule has 0 bridgehead atoms. The Morgan fingerprint density at radius 3 is 2.27 bits per heavy atom. The summed E-state index contributed by atoms with van der Waals surface area (Å²) in [5.41, 5.74) is 3.58. The van der Waals surface area contributed by atoms with Gasteiger partial charge in [0.1, 0.15) is 23.2 Å². The van der Waals surface area contributed by atoms with Crippen LogP contribution >= 0.6 is 0 Å². The summed E-state index contributed by atoms with van der Waals surface area (Å²) in [7, 11) is 0. The van der Waals surface area contributed by atoms with Crippen molar-refractivity contribution in [2.75, 3.05) is 13.1 Å². The molecule has 10 nitrogen and oxygen atoms in total. The Morgan fingerprint density at radius 2 is 1.62 bits per heavy atom. The van der Waals surface area contributed by atoms with E-state index >= 15 is 0 Å². The number of hydrazine groups is 1. The summed E-state index contributed by atoms with van der Waals surface area (Å²) in [6.07, 6.45) is -2.50. The van der Waals surface area contributed by atoms with E-state index in [9.17, 15) is 36.3 Å². The fourth-order valence-corrected chi connectivity index (χ4v) is 4.21. The second-order valence-electron chi connectivity index (χ2n) is 8.92. The number of hydrogen-bond donors (Lipinski definition) is 2. The maximum atomic E-state index is 14.0. The number of hydrogen-bond acceptors (Lipinski definition) is 7. The summed E-state index contributed by atoms with van der Waals surface area (Å²) in [6, 6.07) is 4.33. The standard InChI is InChI=1S/C25H22F5N7O3/c1-13-32-12-16(22(39)35-36-23(40)19-5-8-31-24(34-19)25(28,29)30)21(33-13)14-6-9-37(10-7-14)20(38)11-15-17(26)3-2-4-18(15)27/h2-5,8,12,14H,6-7,9-11H2,1H3,(H,35,39)(H,36,40). The minimum atomic E-state index is -4.86. The average Bonchev–Trinajstić information content (AvgIpc) is 2.93. The second-order valence-corrected chi connectivity index (χ2v) is 8.92. The van der Waals surface area contributed by atoms with Gasteiger partial charge in [0.05, 0.1) is 17.7 Å². The van der Waals surface area contributed by atoms with Crippen LogP contribution in [0.25, 0.3) is 0 Å². The molecule has 0 unspecified atom stereocenters. The van der Waals surface area contributed by atoms with Crippen LogP contribution in [-0.4, -0.2) is 55.6 Å². The Hall–Kier alpha value is -4.56. The Balaban J connectivity index is 1.40. The van der Waals surface area contributed by atoms with Crippen molar-refractivity contribution in [2.24, 2.45) is 0 Å². The predicted octanol–water partition coefficient (Wildman–Crippen LogP) is 2.90. The number of aromatic nitrogens is 4. The first kappa shape index (κ1) is 28.4. The normalized spacial score (nSPS) is 14.1. The molecule has 2 N–H and O–H groups in total. The number of halogens is 5. The van der Waals surface area contributed by atoms with Gasteiger partial charge in [0.15, 0.2) is 0 Å². The molecule has 15 heteroatoms. The van der Waals surface area contributed by atoms with Gasteiger partial charge in [-0.15, -0.1) is 0 Å². The van der Waals surface area contributed by atoms with Crippen molar-refractivity contribution in [1.82, 2.24) is 35.7 Å². The van der Waals surface area contributed by atoms with Gasteiger partial charge in [0, 0.05) is 37.0 Å². The van der Waals surface area contributed by atoms with E-state index in [0.29, 0.717) is 24.4 Å². The van der Waals surface area contributed by atoms with Crippen molar-refractivity contribution in [1.29, 1.82) is 0 Å². The van der Waals surface area contributed by atoms with E-state index < -0.39 is 53.5 Å². The summed E-state index contributed by atoms with van der Waals surface area (Å²) in [6.45, 7) is 2.10. The monoisotopic (exact) mass is 563 g/mol. The zero-order valence-corrected chi connectivity index (χ0v) is 20.9. The molecule has 1 saturated heterocycles. The van der Waals surface area contributed by atoms with E-state index in [1.54, 1.807) is 6.92 Å². The van der Waals surface area contributed by atoms with Crippen molar-refractivity contribution >= 4 is 17.7 Å². The fourth-order valence-electron chi connectivity index (χ4n) is 4.21. The van der Waals surface area contributed by atoms with Crippen molar-refractivity contribution in [3.05, 3.63) is 82.5 Å². The zero-order chi connectivity index (χ0) is 29.0. The number of amides is 3. The molecule has 2 aromatic heterocycles. The van der Waals surface area contributed by atoms with Crippen molar-refractivity contribution in [2.45, 2.75) is 38.3 Å². The molecule has 3 amide bonds. The Morgan fingerprint density at radius 1 is 0.975 bits per heavy atom. The highest BCUT2D eigenvalue weighted by molar-refractivity contribution is 5.98. The van der Waals surface area contributed by atoms with Gasteiger partial charge in [-0.05, 0) is 38.0 Å². The molecule has 0 radical (unpaired) electrons. The SMILES string of the molecule is Cc1ncc(C(=O)NNC(=O)c2ccnc(C(F)(F)F)n2)c(C2CCN(C(=O)Cc3c(F)cccc3F)CC2)n1. The topological polar surface area (TPSA) is 130 Å². The third kappa shape index (κ3) is 6.52. The highest BCUT2D eigenvalue weighted by Gasteiger charge is 2.35. The number of alkyl halides is 3. The van der Waals surface area contributed by atoms with Gasteiger partial charge in [-0.2, -0.15) is 13.2 Å². The van der Waals surface area contributed by atoms with E-state index in [2.05, 4.69) is 25.4 Å². The van der Waals surface area contributed by atoms with Crippen LogP contribution in [-0.2, 0) is 17.4 Å². The lowest BCUT2D eigenvalue weighted by Gasteiger charge is -2.32. The molecular weight excluding hydrogens is 541 g/mol. The van der Waals surface area contributed by atoms with E-state index in [1.807, 2.05) is 5.43 Å². The van der Waals surface area contributed by atoms with Gasteiger partial charge >= 0.3 is 6.18 Å². The number of carbonyl (C=O) groups excluding carboxylic acids is 3. The lowest BCUT2D eigenvalue weighted by Crippen LogP contribution is -2.43. The van der Waals surface area contributed by atoms with Crippen LogP contribution in [0.2, 0.25) is 0 Å². The quantitative estimate of drug-likeness (QED) is 0.361. The van der Waals surface area contributed by atoms with Crippen LogP contribution in [0.4, 0.5) is 22.0 Å². The fraction of sp³-hybridized carbons (Fsp3) is 0.320. The molecule has 1 aliphatic rings. The molecular formula is C25H22F5N7O3. The third-order valence-electron chi connectivity index (χ3n) is 6.24. The molecule has 0 atom stereocenters. The van der Waals surface area contributed by atoms with Crippen LogP contribution in [0.5, 0.6) is 0 Å². The Bertz CT molecular complexity index is 1420. The molecule has 40 heavy (non-hydrogen) atoms. The number of nitrogens with one attached hydrogen (secondary N) is 2. The second kappa shape index (κ2) is 11.7. The summed E-state index contributed by atoms with van der Waals surface area (Å²) in [5, 5.41) is 0. The molecule has 1 aromatic carbocycles. The predicted molar refractivity (Wildman–Crippen MR) is 127 cm³/mol. The highest BCUT2D eigenvalue weighted by atomic mass is 19.4. The molecule has 3 aromatic rings. The lowest BCUT2D eigenvalue weighted by molar-refractivity contribution is -0.145. The smallest absolute Gasteiger partial charge is 0.342 e. The lowest BCUT2D eigenvalue weighted by atomic mass is 9.90. The zero-order valence-electron chi connectivity index (χ0n) is 20.9. The Labute approximate surface area is 224 Å². The summed E-state index contributed by atoms with van der Waals surface area (Å²) in [5.74, 6) is -5.40. The number of aryl methyl sites for hydroxylation is 1. The number of benzene rings is 1. The minimum absolute atomic E-state index is 0.0165. The molecule has 3 heterocycles. The molecule has 1 fully saturated rings. The minimum Gasteiger partial charge on any atom is -0.342 e. The van der Waals surface area contributed by atoms with Gasteiger partial charge < -0.3 is 4.90 Å². The molecule has 4 rings (SSSR count). The highest BCUT2D eigenvalue weighted by Crippen LogP contribution is 2.30. The van der Waals surface area contributed by atoms with Crippen molar-refractivity contribution < 1.29 is 36.3 Å². The first-order chi connectivity index (χ1) is 18.9. The summed E-state index contributed by atoms with van der Waals surface area (Å²) < 4.78 is 66.4. The Kier molecular flexibility index (Phi) is 8.30. The van der Waals surface area contributed by atoms with Crippen LogP contribution in [0.15, 0.2) is 36.7 Å². The van der Waals surface area contributed by atoms with Crippen LogP contribution in [0.1, 0.15) is 62.5 Å². The van der Waals surface area contributed by atoms with Crippen LogP contribution in [0.3, 0.4) is 0 Å². The summed E-state index contributed by atoms with van der Waals surface area (Å²) in [4.78, 5) is 53.9. The molecule has 1 aliphatic heterocycles. The third-order valence-corrected chi connectivity index (χ3v) is 6.24. The van der Waals surface area contributed by atoms with Gasteiger partial charge in [-0.3, -0.25) is 25.2 Å². The molecule has 0 saturated carbocycles. The van der Waals surface area contributed by atoms with E-state index in [0.717, 1.165) is 24.4 Å². The number of nitrogens with zero attached hydrogens (tertiary/aromatic N) is 5. The van der Waals surface area contributed by atoms with E-state index in [4.69, 9.17) is 0 Å². The molecule has 0 spiro atoms. The number of likely N-dealkylation sites (tertiary alicyclic amines) is 1. The number of rotatable bonds is 5. The largest absolute Gasteiger partial charge is 0.451 e. The van der Waals surface area contributed by atoms with Gasteiger partial charge in [-0.25, -0.2) is 28.7 Å². The van der Waals surface area contributed by atoms with Gasteiger partial charge in [0.25, 0.3) is 11.8 Å². The van der Waals surface area contributed by atoms with Crippen molar-refractivity contribution in [3.63, 3.8) is 0 Å². The van der Waals surface area contributed by atoms with Crippen molar-refractivity contribution in [3.8, 4) is 0 Å². The first-order valence-electron chi connectivity index (χ1n) is 12.0. The molecule has 210 valence electrons. The average molecular weight is 563 g/mol. The number of carbonyl (C=O) groups is 3. The number of piperidine rings is 1. The first-order valence-corrected chi connectivity index (χ1v) is 12.0. The van der Waals surface area contributed by atoms with E-state index in [1.165, 1.54) is 17.2 Å². The molecule has 0 aliphatic carbocycles. The van der Waals surface area contributed by atoms with Gasteiger partial charge in [-0.1, -0.05) is 6.07 Å². The summed E-state index contributed by atoms with van der Waals surface area (Å²) >= 11 is 0. The van der Waals surface area contributed by atoms with Crippen LogP contribution < -0.4 is 10.9 Å². The van der Waals surface area contributed by atoms with Gasteiger partial charge in [0.2, 0.25) is 11.7 Å². The maximum absolute atomic E-state index is 14.0. The maximum Gasteiger partial charge on any atom is 0.451 e.